The van der Waals surface area contributed by atoms with Crippen molar-refractivity contribution < 1.29 is 26.7 Å². The second-order valence-corrected chi connectivity index (χ2v) is 7.54. The highest BCUT2D eigenvalue weighted by atomic mass is 19.3. The molecule has 0 unspecified atom stereocenters. The Labute approximate surface area is 184 Å². The SMILES string of the molecule is CCCc1ccc(CCc2ccc(-c3ccc(OCC)c(F)c3C(F)F)c(F)c2F)cc1. The Bertz CT molecular complexity index is 1060. The van der Waals surface area contributed by atoms with Crippen molar-refractivity contribution in [3.8, 4) is 16.9 Å². The molecular weight excluding hydrogens is 423 g/mol. The number of benzene rings is 3. The molecule has 0 atom stereocenters. The van der Waals surface area contributed by atoms with Gasteiger partial charge in [0.2, 0.25) is 0 Å². The van der Waals surface area contributed by atoms with E-state index >= 15 is 0 Å². The molecule has 0 spiro atoms. The molecule has 170 valence electrons. The summed E-state index contributed by atoms with van der Waals surface area (Å²) in [6.45, 7) is 3.77. The minimum absolute atomic E-state index is 0.0813. The van der Waals surface area contributed by atoms with E-state index in [0.29, 0.717) is 6.42 Å². The van der Waals surface area contributed by atoms with Gasteiger partial charge >= 0.3 is 0 Å². The number of alkyl halides is 2. The van der Waals surface area contributed by atoms with Crippen LogP contribution in [-0.2, 0) is 19.3 Å². The van der Waals surface area contributed by atoms with Crippen molar-refractivity contribution in [2.75, 3.05) is 6.61 Å². The van der Waals surface area contributed by atoms with Gasteiger partial charge in [-0.3, -0.25) is 0 Å². The van der Waals surface area contributed by atoms with Gasteiger partial charge in [-0.1, -0.05) is 49.7 Å². The molecule has 0 saturated heterocycles. The molecule has 0 heterocycles. The molecule has 0 aliphatic rings. The topological polar surface area (TPSA) is 9.23 Å². The van der Waals surface area contributed by atoms with Crippen LogP contribution in [0.15, 0.2) is 48.5 Å². The smallest absolute Gasteiger partial charge is 0.267 e. The molecule has 0 saturated carbocycles. The van der Waals surface area contributed by atoms with Crippen LogP contribution in [0.1, 0.15) is 48.9 Å². The average Bonchev–Trinajstić information content (AvgIpc) is 2.77. The molecule has 6 heteroatoms. The molecule has 0 aliphatic heterocycles. The van der Waals surface area contributed by atoms with Crippen molar-refractivity contribution in [2.24, 2.45) is 0 Å². The summed E-state index contributed by atoms with van der Waals surface area (Å²) < 4.78 is 76.3. The van der Waals surface area contributed by atoms with Crippen molar-refractivity contribution in [1.29, 1.82) is 0 Å². The third-order valence-corrected chi connectivity index (χ3v) is 5.36. The van der Waals surface area contributed by atoms with Gasteiger partial charge in [-0.15, -0.1) is 0 Å². The van der Waals surface area contributed by atoms with E-state index in [4.69, 9.17) is 4.74 Å². The Balaban J connectivity index is 1.88. The summed E-state index contributed by atoms with van der Waals surface area (Å²) in [5.74, 6) is -4.00. The zero-order chi connectivity index (χ0) is 23.3. The number of halogens is 5. The first kappa shape index (κ1) is 23.8. The van der Waals surface area contributed by atoms with E-state index in [9.17, 15) is 22.0 Å². The zero-order valence-corrected chi connectivity index (χ0v) is 18.0. The summed E-state index contributed by atoms with van der Waals surface area (Å²) in [5.41, 5.74) is 0.531. The quantitative estimate of drug-likeness (QED) is 0.303. The fourth-order valence-corrected chi connectivity index (χ4v) is 3.72. The van der Waals surface area contributed by atoms with Gasteiger partial charge in [0.25, 0.3) is 6.43 Å². The predicted octanol–water partition coefficient (Wildman–Crippen LogP) is 7.84. The lowest BCUT2D eigenvalue weighted by atomic mass is 9.95. The van der Waals surface area contributed by atoms with E-state index in [2.05, 4.69) is 6.92 Å². The van der Waals surface area contributed by atoms with Crippen LogP contribution >= 0.6 is 0 Å². The van der Waals surface area contributed by atoms with Crippen LogP contribution in [0.25, 0.3) is 11.1 Å². The van der Waals surface area contributed by atoms with Crippen molar-refractivity contribution >= 4 is 0 Å². The summed E-state index contributed by atoms with van der Waals surface area (Å²) in [6, 6.07) is 12.8. The molecule has 1 nitrogen and oxygen atoms in total. The van der Waals surface area contributed by atoms with E-state index < -0.39 is 40.6 Å². The van der Waals surface area contributed by atoms with Crippen LogP contribution in [0, 0.1) is 17.5 Å². The monoisotopic (exact) mass is 448 g/mol. The molecule has 0 fully saturated rings. The van der Waals surface area contributed by atoms with Crippen LogP contribution in [0.3, 0.4) is 0 Å². The van der Waals surface area contributed by atoms with E-state index in [1.807, 2.05) is 24.3 Å². The van der Waals surface area contributed by atoms with Gasteiger partial charge in [0.05, 0.1) is 12.2 Å². The Morgan fingerprint density at radius 1 is 0.688 bits per heavy atom. The Hall–Kier alpha value is -2.89. The highest BCUT2D eigenvalue weighted by Crippen LogP contribution is 2.39. The lowest BCUT2D eigenvalue weighted by Crippen LogP contribution is -2.04. The summed E-state index contributed by atoms with van der Waals surface area (Å²) in [7, 11) is 0. The molecule has 0 radical (unpaired) electrons. The molecule has 0 amide bonds. The van der Waals surface area contributed by atoms with E-state index in [1.165, 1.54) is 17.7 Å². The highest BCUT2D eigenvalue weighted by Gasteiger charge is 2.26. The molecule has 0 N–H and O–H groups in total. The summed E-state index contributed by atoms with van der Waals surface area (Å²) in [4.78, 5) is 0. The standard InChI is InChI=1S/C26H25F5O/c1-3-5-16-6-8-17(9-7-16)10-11-18-12-13-20(24(28)23(18)27)19-14-15-21(32-4-2)25(29)22(19)26(30)31/h6-9,12-15,26H,3-5,10-11H2,1-2H3. The second-order valence-electron chi connectivity index (χ2n) is 7.54. The van der Waals surface area contributed by atoms with E-state index in [0.717, 1.165) is 30.5 Å². The van der Waals surface area contributed by atoms with Crippen LogP contribution in [0.5, 0.6) is 5.75 Å². The van der Waals surface area contributed by atoms with Gasteiger partial charge in [-0.05, 0) is 60.6 Å². The molecule has 3 aromatic carbocycles. The second kappa shape index (κ2) is 10.6. The predicted molar refractivity (Wildman–Crippen MR) is 116 cm³/mol. The third-order valence-electron chi connectivity index (χ3n) is 5.36. The van der Waals surface area contributed by atoms with Gasteiger partial charge < -0.3 is 4.74 Å². The molecule has 0 aromatic heterocycles. The van der Waals surface area contributed by atoms with Crippen LogP contribution in [-0.4, -0.2) is 6.61 Å². The molecular formula is C26H25F5O. The molecule has 0 aliphatic carbocycles. The first-order valence-electron chi connectivity index (χ1n) is 10.7. The Morgan fingerprint density at radius 2 is 1.31 bits per heavy atom. The average molecular weight is 448 g/mol. The Kier molecular flexibility index (Phi) is 7.89. The van der Waals surface area contributed by atoms with Crippen molar-refractivity contribution in [1.82, 2.24) is 0 Å². The minimum atomic E-state index is -3.22. The first-order chi connectivity index (χ1) is 15.4. The Morgan fingerprint density at radius 3 is 1.91 bits per heavy atom. The fraction of sp³-hybridized carbons (Fsp3) is 0.308. The van der Waals surface area contributed by atoms with Crippen molar-refractivity contribution in [3.05, 3.63) is 88.2 Å². The number of ether oxygens (including phenoxy) is 1. The maximum Gasteiger partial charge on any atom is 0.267 e. The maximum absolute atomic E-state index is 14.9. The number of hydrogen-bond donors (Lipinski definition) is 0. The van der Waals surface area contributed by atoms with E-state index in [-0.39, 0.29) is 24.3 Å². The van der Waals surface area contributed by atoms with Crippen molar-refractivity contribution in [3.63, 3.8) is 0 Å². The van der Waals surface area contributed by atoms with Crippen LogP contribution < -0.4 is 4.74 Å². The van der Waals surface area contributed by atoms with Gasteiger partial charge in [0.1, 0.15) is 0 Å². The van der Waals surface area contributed by atoms with Crippen molar-refractivity contribution in [2.45, 2.75) is 46.0 Å². The fourth-order valence-electron chi connectivity index (χ4n) is 3.72. The zero-order valence-electron chi connectivity index (χ0n) is 18.0. The summed E-state index contributed by atoms with van der Waals surface area (Å²) in [6.07, 6.45) is -0.448. The summed E-state index contributed by atoms with van der Waals surface area (Å²) >= 11 is 0. The normalized spacial score (nSPS) is 11.2. The first-order valence-corrected chi connectivity index (χ1v) is 10.7. The van der Waals surface area contributed by atoms with E-state index in [1.54, 1.807) is 6.92 Å². The maximum atomic E-state index is 14.9. The minimum Gasteiger partial charge on any atom is -0.491 e. The van der Waals surface area contributed by atoms with Crippen LogP contribution in [0.2, 0.25) is 0 Å². The molecule has 32 heavy (non-hydrogen) atoms. The number of aryl methyl sites for hydroxylation is 3. The molecule has 3 aromatic rings. The highest BCUT2D eigenvalue weighted by molar-refractivity contribution is 5.70. The lowest BCUT2D eigenvalue weighted by Gasteiger charge is -2.15. The van der Waals surface area contributed by atoms with Gasteiger partial charge in [0, 0.05) is 5.56 Å². The third kappa shape index (κ3) is 5.12. The van der Waals surface area contributed by atoms with Crippen LogP contribution in [0.4, 0.5) is 22.0 Å². The molecule has 0 bridgehead atoms. The summed E-state index contributed by atoms with van der Waals surface area (Å²) in [5, 5.41) is 0. The van der Waals surface area contributed by atoms with Gasteiger partial charge in [-0.2, -0.15) is 0 Å². The van der Waals surface area contributed by atoms with Gasteiger partial charge in [-0.25, -0.2) is 22.0 Å². The largest absolute Gasteiger partial charge is 0.491 e. The lowest BCUT2D eigenvalue weighted by molar-refractivity contribution is 0.145. The number of hydrogen-bond acceptors (Lipinski definition) is 1. The molecule has 3 rings (SSSR count). The number of rotatable bonds is 9. The van der Waals surface area contributed by atoms with Gasteiger partial charge in [0.15, 0.2) is 23.2 Å².